The third-order valence-electron chi connectivity index (χ3n) is 4.36. The van der Waals surface area contributed by atoms with Crippen LogP contribution in [-0.4, -0.2) is 25.9 Å². The van der Waals surface area contributed by atoms with Gasteiger partial charge in [0.05, 0.1) is 25.9 Å². The third-order valence-corrected chi connectivity index (χ3v) is 4.36. The fourth-order valence-electron chi connectivity index (χ4n) is 2.85. The van der Waals surface area contributed by atoms with E-state index in [9.17, 15) is 0 Å². The van der Waals surface area contributed by atoms with Gasteiger partial charge in [-0.3, -0.25) is 0 Å². The van der Waals surface area contributed by atoms with Crippen molar-refractivity contribution in [2.75, 3.05) is 19.8 Å². The summed E-state index contributed by atoms with van der Waals surface area (Å²) in [5, 5.41) is 0. The molecule has 0 amide bonds. The van der Waals surface area contributed by atoms with Crippen LogP contribution in [0.1, 0.15) is 70.5 Å². The SMILES string of the molecule is CCCCCOc1ccc([C@@H]2CO[C@@H](CCCCC)CO2)cc1. The molecule has 1 fully saturated rings. The average Bonchev–Trinajstić information content (AvgIpc) is 2.60. The van der Waals surface area contributed by atoms with Crippen molar-refractivity contribution in [2.45, 2.75) is 71.0 Å². The molecule has 130 valence electrons. The predicted octanol–water partition coefficient (Wildman–Crippen LogP) is 5.29. The van der Waals surface area contributed by atoms with Crippen LogP contribution >= 0.6 is 0 Å². The van der Waals surface area contributed by atoms with Crippen LogP contribution < -0.4 is 4.74 Å². The Morgan fingerprint density at radius 3 is 2.30 bits per heavy atom. The summed E-state index contributed by atoms with van der Waals surface area (Å²) in [6.07, 6.45) is 8.80. The zero-order valence-corrected chi connectivity index (χ0v) is 14.8. The first-order chi connectivity index (χ1) is 11.3. The van der Waals surface area contributed by atoms with Gasteiger partial charge < -0.3 is 14.2 Å². The molecule has 2 rings (SSSR count). The van der Waals surface area contributed by atoms with Crippen LogP contribution in [0.4, 0.5) is 0 Å². The number of unbranched alkanes of at least 4 members (excludes halogenated alkanes) is 4. The van der Waals surface area contributed by atoms with E-state index in [1.165, 1.54) is 37.7 Å². The second-order valence-corrected chi connectivity index (χ2v) is 6.40. The highest BCUT2D eigenvalue weighted by molar-refractivity contribution is 5.28. The molecule has 0 spiro atoms. The normalized spacial score (nSPS) is 21.3. The lowest BCUT2D eigenvalue weighted by atomic mass is 10.1. The van der Waals surface area contributed by atoms with Gasteiger partial charge in [0.2, 0.25) is 0 Å². The lowest BCUT2D eigenvalue weighted by Crippen LogP contribution is -2.31. The van der Waals surface area contributed by atoms with Gasteiger partial charge in [-0.15, -0.1) is 0 Å². The van der Waals surface area contributed by atoms with E-state index in [2.05, 4.69) is 26.0 Å². The molecule has 23 heavy (non-hydrogen) atoms. The summed E-state index contributed by atoms with van der Waals surface area (Å²) in [7, 11) is 0. The highest BCUT2D eigenvalue weighted by Crippen LogP contribution is 2.26. The molecular formula is C20H32O3. The Bertz CT molecular complexity index is 407. The first kappa shape index (κ1) is 18.3. The molecule has 0 aliphatic carbocycles. The lowest BCUT2D eigenvalue weighted by Gasteiger charge is -2.30. The molecule has 1 aliphatic rings. The quantitative estimate of drug-likeness (QED) is 0.548. The van der Waals surface area contributed by atoms with Gasteiger partial charge in [0.25, 0.3) is 0 Å². The third kappa shape index (κ3) is 6.52. The molecule has 1 aromatic rings. The molecule has 0 bridgehead atoms. The number of hydrogen-bond donors (Lipinski definition) is 0. The molecule has 1 heterocycles. The maximum atomic E-state index is 5.99. The van der Waals surface area contributed by atoms with Gasteiger partial charge in [-0.2, -0.15) is 0 Å². The Morgan fingerprint density at radius 1 is 0.913 bits per heavy atom. The van der Waals surface area contributed by atoms with Gasteiger partial charge in [0.15, 0.2) is 0 Å². The Morgan fingerprint density at radius 2 is 1.65 bits per heavy atom. The second kappa shape index (κ2) is 10.7. The molecule has 0 unspecified atom stereocenters. The van der Waals surface area contributed by atoms with Crippen LogP contribution in [-0.2, 0) is 9.47 Å². The van der Waals surface area contributed by atoms with E-state index in [1.54, 1.807) is 0 Å². The van der Waals surface area contributed by atoms with Crippen LogP contribution in [0.2, 0.25) is 0 Å². The molecule has 0 N–H and O–H groups in total. The molecule has 1 aliphatic heterocycles. The van der Waals surface area contributed by atoms with Crippen molar-refractivity contribution in [2.24, 2.45) is 0 Å². The first-order valence-electron chi connectivity index (χ1n) is 9.29. The van der Waals surface area contributed by atoms with Crippen molar-refractivity contribution in [3.05, 3.63) is 29.8 Å². The van der Waals surface area contributed by atoms with Crippen LogP contribution in [0.5, 0.6) is 5.75 Å². The van der Waals surface area contributed by atoms with Gasteiger partial charge in [0, 0.05) is 0 Å². The number of hydrogen-bond acceptors (Lipinski definition) is 3. The van der Waals surface area contributed by atoms with Gasteiger partial charge in [-0.05, 0) is 30.5 Å². The Kier molecular flexibility index (Phi) is 8.48. The standard InChI is InChI=1S/C20H32O3/c1-3-5-7-9-19-15-23-20(16-22-19)17-10-12-18(13-11-17)21-14-8-6-4-2/h10-13,19-20H,3-9,14-16H2,1-2H3/t19-,20-/m0/s1. The highest BCUT2D eigenvalue weighted by atomic mass is 16.6. The zero-order valence-electron chi connectivity index (χ0n) is 14.8. The van der Waals surface area contributed by atoms with Crippen molar-refractivity contribution in [1.82, 2.24) is 0 Å². The Balaban J connectivity index is 1.71. The molecule has 0 radical (unpaired) electrons. The number of rotatable bonds is 10. The van der Waals surface area contributed by atoms with Gasteiger partial charge in [-0.1, -0.05) is 58.1 Å². The first-order valence-corrected chi connectivity index (χ1v) is 9.29. The summed E-state index contributed by atoms with van der Waals surface area (Å²) in [5.74, 6) is 0.944. The number of ether oxygens (including phenoxy) is 3. The van der Waals surface area contributed by atoms with E-state index < -0.39 is 0 Å². The van der Waals surface area contributed by atoms with E-state index in [4.69, 9.17) is 14.2 Å². The molecule has 1 aromatic carbocycles. The molecule has 2 atom stereocenters. The van der Waals surface area contributed by atoms with Gasteiger partial charge >= 0.3 is 0 Å². The molecule has 3 nitrogen and oxygen atoms in total. The van der Waals surface area contributed by atoms with Crippen molar-refractivity contribution >= 4 is 0 Å². The summed E-state index contributed by atoms with van der Waals surface area (Å²) in [4.78, 5) is 0. The summed E-state index contributed by atoms with van der Waals surface area (Å²) >= 11 is 0. The second-order valence-electron chi connectivity index (χ2n) is 6.40. The minimum Gasteiger partial charge on any atom is -0.494 e. The minimum absolute atomic E-state index is 0.0616. The highest BCUT2D eigenvalue weighted by Gasteiger charge is 2.23. The lowest BCUT2D eigenvalue weighted by molar-refractivity contribution is -0.137. The fourth-order valence-corrected chi connectivity index (χ4v) is 2.85. The summed E-state index contributed by atoms with van der Waals surface area (Å²) < 4.78 is 17.7. The minimum atomic E-state index is 0.0616. The zero-order chi connectivity index (χ0) is 16.3. The molecule has 0 aromatic heterocycles. The fraction of sp³-hybridized carbons (Fsp3) is 0.700. The monoisotopic (exact) mass is 320 g/mol. The van der Waals surface area contributed by atoms with Crippen LogP contribution in [0.15, 0.2) is 24.3 Å². The van der Waals surface area contributed by atoms with E-state index in [0.29, 0.717) is 13.2 Å². The Labute approximate surface area is 141 Å². The maximum Gasteiger partial charge on any atom is 0.119 e. The summed E-state index contributed by atoms with van der Waals surface area (Å²) in [6, 6.07) is 8.27. The van der Waals surface area contributed by atoms with Crippen molar-refractivity contribution in [3.63, 3.8) is 0 Å². The van der Waals surface area contributed by atoms with E-state index in [-0.39, 0.29) is 12.2 Å². The molecular weight excluding hydrogens is 288 g/mol. The van der Waals surface area contributed by atoms with E-state index in [1.807, 2.05) is 12.1 Å². The predicted molar refractivity (Wildman–Crippen MR) is 94.0 cm³/mol. The Hall–Kier alpha value is -1.06. The van der Waals surface area contributed by atoms with Crippen LogP contribution in [0, 0.1) is 0 Å². The van der Waals surface area contributed by atoms with Crippen LogP contribution in [0.3, 0.4) is 0 Å². The van der Waals surface area contributed by atoms with Crippen LogP contribution in [0.25, 0.3) is 0 Å². The molecule has 1 saturated heterocycles. The van der Waals surface area contributed by atoms with E-state index in [0.717, 1.165) is 25.2 Å². The summed E-state index contributed by atoms with van der Waals surface area (Å²) in [6.45, 7) is 6.60. The number of benzene rings is 1. The van der Waals surface area contributed by atoms with Crippen molar-refractivity contribution in [3.8, 4) is 5.75 Å². The molecule has 3 heteroatoms. The maximum absolute atomic E-state index is 5.99. The average molecular weight is 320 g/mol. The largest absolute Gasteiger partial charge is 0.494 e. The molecule has 0 saturated carbocycles. The van der Waals surface area contributed by atoms with Gasteiger partial charge in [0.1, 0.15) is 11.9 Å². The van der Waals surface area contributed by atoms with E-state index >= 15 is 0 Å². The summed E-state index contributed by atoms with van der Waals surface area (Å²) in [5.41, 5.74) is 1.18. The smallest absolute Gasteiger partial charge is 0.119 e. The topological polar surface area (TPSA) is 27.7 Å². The van der Waals surface area contributed by atoms with Crippen molar-refractivity contribution in [1.29, 1.82) is 0 Å². The van der Waals surface area contributed by atoms with Crippen molar-refractivity contribution < 1.29 is 14.2 Å². The van der Waals surface area contributed by atoms with Gasteiger partial charge in [-0.25, -0.2) is 0 Å².